The first kappa shape index (κ1) is 23.1. The van der Waals surface area contributed by atoms with Gasteiger partial charge in [0.1, 0.15) is 11.6 Å². The summed E-state index contributed by atoms with van der Waals surface area (Å²) in [5, 5.41) is 13.6. The molecule has 4 aromatic rings. The maximum atomic E-state index is 13.8. The van der Waals surface area contributed by atoms with E-state index in [0.717, 1.165) is 29.7 Å². The van der Waals surface area contributed by atoms with E-state index >= 15 is 0 Å². The van der Waals surface area contributed by atoms with Gasteiger partial charge in [-0.3, -0.25) is 0 Å². The van der Waals surface area contributed by atoms with Crippen molar-refractivity contribution in [1.82, 2.24) is 19.5 Å². The fourth-order valence-corrected chi connectivity index (χ4v) is 4.61. The fourth-order valence-electron chi connectivity index (χ4n) is 4.61. The number of anilines is 2. The molecule has 180 valence electrons. The third-order valence-corrected chi connectivity index (χ3v) is 6.68. The second-order valence-corrected chi connectivity index (χ2v) is 9.43. The van der Waals surface area contributed by atoms with Crippen LogP contribution in [-0.2, 0) is 0 Å². The first-order valence-electron chi connectivity index (χ1n) is 11.7. The number of aliphatic hydroxyl groups is 1. The minimum atomic E-state index is -0.661. The van der Waals surface area contributed by atoms with Gasteiger partial charge in [-0.2, -0.15) is 0 Å². The average molecular weight is 476 g/mol. The fraction of sp³-hybridized carbons (Fsp3) is 0.296. The van der Waals surface area contributed by atoms with Crippen LogP contribution in [0.3, 0.4) is 0 Å². The number of benzene rings is 2. The average Bonchev–Trinajstić information content (AvgIpc) is 3.27. The Bertz CT molecular complexity index is 1340. The number of hydrogen-bond donors (Lipinski definition) is 2. The summed E-state index contributed by atoms with van der Waals surface area (Å²) in [6, 6.07) is 12.7. The molecule has 0 unspecified atom stereocenters. The van der Waals surface area contributed by atoms with Crippen molar-refractivity contribution >= 4 is 11.6 Å². The number of nitrogens with one attached hydrogen (secondary N) is 1. The zero-order chi connectivity index (χ0) is 24.6. The minimum absolute atomic E-state index is 0.142. The quantitative estimate of drug-likeness (QED) is 0.359. The third kappa shape index (κ3) is 4.93. The summed E-state index contributed by atoms with van der Waals surface area (Å²) < 4.78 is 29.5. The predicted octanol–water partition coefficient (Wildman–Crippen LogP) is 6.20. The molecule has 1 aliphatic carbocycles. The van der Waals surface area contributed by atoms with Crippen molar-refractivity contribution in [3.05, 3.63) is 78.3 Å². The van der Waals surface area contributed by atoms with Gasteiger partial charge in [-0.15, -0.1) is 0 Å². The van der Waals surface area contributed by atoms with Crippen molar-refractivity contribution in [2.45, 2.75) is 51.2 Å². The molecule has 1 saturated carbocycles. The third-order valence-electron chi connectivity index (χ3n) is 6.68. The van der Waals surface area contributed by atoms with E-state index in [0.29, 0.717) is 35.9 Å². The second-order valence-electron chi connectivity index (χ2n) is 9.43. The maximum Gasteiger partial charge on any atom is 0.227 e. The lowest BCUT2D eigenvalue weighted by molar-refractivity contribution is 0.0101. The number of imidazole rings is 1. The van der Waals surface area contributed by atoms with E-state index in [4.69, 9.17) is 9.97 Å². The van der Waals surface area contributed by atoms with Gasteiger partial charge in [0, 0.05) is 23.5 Å². The lowest BCUT2D eigenvalue weighted by Crippen LogP contribution is -2.31. The van der Waals surface area contributed by atoms with E-state index < -0.39 is 5.60 Å². The van der Waals surface area contributed by atoms with Crippen molar-refractivity contribution in [3.63, 3.8) is 0 Å². The van der Waals surface area contributed by atoms with E-state index in [1.165, 1.54) is 24.3 Å². The van der Waals surface area contributed by atoms with Crippen LogP contribution in [0.1, 0.15) is 44.2 Å². The van der Waals surface area contributed by atoms with Crippen molar-refractivity contribution in [2.24, 2.45) is 0 Å². The van der Waals surface area contributed by atoms with Crippen molar-refractivity contribution in [2.75, 3.05) is 5.32 Å². The van der Waals surface area contributed by atoms with Crippen LogP contribution in [0.25, 0.3) is 22.6 Å². The molecule has 0 saturated heterocycles. The Balaban J connectivity index is 1.57. The summed E-state index contributed by atoms with van der Waals surface area (Å²) in [5.41, 5.74) is 3.70. The van der Waals surface area contributed by atoms with Crippen LogP contribution >= 0.6 is 0 Å². The molecule has 0 aliphatic heterocycles. The highest BCUT2D eigenvalue weighted by Crippen LogP contribution is 2.40. The van der Waals surface area contributed by atoms with Crippen LogP contribution in [0.15, 0.2) is 61.1 Å². The predicted molar refractivity (Wildman–Crippen MR) is 131 cm³/mol. The molecule has 0 radical (unpaired) electrons. The zero-order valence-corrected chi connectivity index (χ0v) is 19.7. The second kappa shape index (κ2) is 9.19. The highest BCUT2D eigenvalue weighted by Gasteiger charge is 2.31. The van der Waals surface area contributed by atoms with E-state index in [9.17, 15) is 13.9 Å². The van der Waals surface area contributed by atoms with E-state index in [1.807, 2.05) is 19.9 Å². The Kier molecular flexibility index (Phi) is 6.06. The highest BCUT2D eigenvalue weighted by molar-refractivity contribution is 5.77. The van der Waals surface area contributed by atoms with Gasteiger partial charge in [-0.25, -0.2) is 23.7 Å². The van der Waals surface area contributed by atoms with Gasteiger partial charge >= 0.3 is 0 Å². The monoisotopic (exact) mass is 475 g/mol. The van der Waals surface area contributed by atoms with Gasteiger partial charge in [0.2, 0.25) is 5.95 Å². The largest absolute Gasteiger partial charge is 0.390 e. The van der Waals surface area contributed by atoms with E-state index in [2.05, 4.69) is 14.9 Å². The van der Waals surface area contributed by atoms with Gasteiger partial charge in [0.15, 0.2) is 0 Å². The first-order chi connectivity index (χ1) is 16.8. The van der Waals surface area contributed by atoms with E-state index in [-0.39, 0.29) is 17.7 Å². The first-order valence-corrected chi connectivity index (χ1v) is 11.7. The van der Waals surface area contributed by atoms with Crippen molar-refractivity contribution in [1.29, 1.82) is 0 Å². The number of halogens is 2. The normalized spacial score (nSPS) is 20.1. The molecular weight excluding hydrogens is 448 g/mol. The summed E-state index contributed by atoms with van der Waals surface area (Å²) >= 11 is 0. The van der Waals surface area contributed by atoms with Gasteiger partial charge in [-0.05, 0) is 87.6 Å². The number of aryl methyl sites for hydroxylation is 1. The molecular formula is C27H27F2N5O. The molecule has 2 aromatic carbocycles. The molecule has 8 heteroatoms. The van der Waals surface area contributed by atoms with Crippen molar-refractivity contribution in [3.8, 4) is 22.6 Å². The summed E-state index contributed by atoms with van der Waals surface area (Å²) in [4.78, 5) is 13.8. The molecule has 35 heavy (non-hydrogen) atoms. The molecule has 5 rings (SSSR count). The van der Waals surface area contributed by atoms with Gasteiger partial charge in [0.25, 0.3) is 0 Å². The zero-order valence-electron chi connectivity index (χ0n) is 19.7. The Morgan fingerprint density at radius 1 is 1.00 bits per heavy atom. The molecule has 1 aliphatic rings. The molecule has 6 nitrogen and oxygen atoms in total. The summed E-state index contributed by atoms with van der Waals surface area (Å²) in [5.74, 6) is -0.331. The molecule has 0 spiro atoms. The van der Waals surface area contributed by atoms with Gasteiger partial charge in [0.05, 0.1) is 29.0 Å². The lowest BCUT2D eigenvalue weighted by atomic mass is 9.83. The Morgan fingerprint density at radius 3 is 2.46 bits per heavy atom. The Hall–Kier alpha value is -3.65. The summed E-state index contributed by atoms with van der Waals surface area (Å²) in [6.07, 6.45) is 6.43. The van der Waals surface area contributed by atoms with Crippen LogP contribution in [0.4, 0.5) is 20.4 Å². The molecule has 2 heterocycles. The molecule has 1 fully saturated rings. The van der Waals surface area contributed by atoms with Crippen LogP contribution < -0.4 is 5.32 Å². The lowest BCUT2D eigenvalue weighted by Gasteiger charge is -2.34. The SMILES string of the molecule is Cc1ccc(F)cc1Nc1nccc(-c2c(-c3ccc(F)cc3)ncn2[C@H]2CC[C@](C)(O)CC2)n1. The maximum absolute atomic E-state index is 13.8. The number of hydrogen-bond acceptors (Lipinski definition) is 5. The van der Waals surface area contributed by atoms with Crippen LogP contribution in [0.2, 0.25) is 0 Å². The molecule has 0 bridgehead atoms. The van der Waals surface area contributed by atoms with E-state index in [1.54, 1.807) is 30.7 Å². The number of rotatable bonds is 5. The molecule has 2 N–H and O–H groups in total. The van der Waals surface area contributed by atoms with Crippen LogP contribution in [-0.4, -0.2) is 30.2 Å². The molecule has 2 aromatic heterocycles. The van der Waals surface area contributed by atoms with Gasteiger partial charge < -0.3 is 15.0 Å². The standard InChI is InChI=1S/C27H27F2N5O/c1-17-3-6-20(29)15-23(17)33-26-30-14-11-22(32-26)25-24(18-4-7-19(28)8-5-18)31-16-34(25)21-9-12-27(2,35)13-10-21/h3-8,11,14-16,21,35H,9-10,12-13H2,1-2H3,(H,30,32,33)/t21-,27-. The van der Waals surface area contributed by atoms with Crippen LogP contribution in [0, 0.1) is 18.6 Å². The smallest absolute Gasteiger partial charge is 0.227 e. The number of aromatic nitrogens is 4. The van der Waals surface area contributed by atoms with Crippen molar-refractivity contribution < 1.29 is 13.9 Å². The van der Waals surface area contributed by atoms with Gasteiger partial charge in [-0.1, -0.05) is 6.07 Å². The minimum Gasteiger partial charge on any atom is -0.390 e. The van der Waals surface area contributed by atoms with Crippen LogP contribution in [0.5, 0.6) is 0 Å². The Labute approximate surface area is 202 Å². The number of nitrogens with zero attached hydrogens (tertiary/aromatic N) is 4. The topological polar surface area (TPSA) is 75.9 Å². The highest BCUT2D eigenvalue weighted by atomic mass is 19.1. The summed E-state index contributed by atoms with van der Waals surface area (Å²) in [7, 11) is 0. The molecule has 0 amide bonds. The molecule has 0 atom stereocenters. The summed E-state index contributed by atoms with van der Waals surface area (Å²) in [6.45, 7) is 3.75. The Morgan fingerprint density at radius 2 is 1.71 bits per heavy atom.